The monoisotopic (exact) mass is 325 g/mol. The van der Waals surface area contributed by atoms with Crippen molar-refractivity contribution >= 4 is 23.2 Å². The van der Waals surface area contributed by atoms with Gasteiger partial charge in [0.15, 0.2) is 17.8 Å². The fraction of sp³-hybridized carbons (Fsp3) is 0.118. The Labute approximate surface area is 137 Å². The molecular formula is C17H15N3O4. The number of carbonyl (C=O) groups excluding carboxylic acids is 2. The molecule has 0 aliphatic rings. The van der Waals surface area contributed by atoms with Crippen LogP contribution in [0.3, 0.4) is 0 Å². The second-order valence-corrected chi connectivity index (χ2v) is 5.17. The van der Waals surface area contributed by atoms with Gasteiger partial charge in [0.25, 0.3) is 11.8 Å². The predicted octanol–water partition coefficient (Wildman–Crippen LogP) is 3.39. The van der Waals surface area contributed by atoms with Crippen molar-refractivity contribution in [1.82, 2.24) is 4.98 Å². The third-order valence-electron chi connectivity index (χ3n) is 3.44. The first-order valence-corrected chi connectivity index (χ1v) is 7.21. The van der Waals surface area contributed by atoms with Crippen LogP contribution in [-0.2, 0) is 0 Å². The molecule has 3 rings (SSSR count). The lowest BCUT2D eigenvalue weighted by Gasteiger charge is -2.10. The first-order valence-electron chi connectivity index (χ1n) is 7.21. The van der Waals surface area contributed by atoms with Gasteiger partial charge in [0.2, 0.25) is 0 Å². The van der Waals surface area contributed by atoms with E-state index in [9.17, 15) is 9.59 Å². The number of hydrogen-bond donors (Lipinski definition) is 2. The van der Waals surface area contributed by atoms with Gasteiger partial charge in [0.05, 0.1) is 6.26 Å². The fourth-order valence-corrected chi connectivity index (χ4v) is 2.19. The topological polar surface area (TPSA) is 97.4 Å². The zero-order chi connectivity index (χ0) is 17.1. The van der Waals surface area contributed by atoms with Crippen LogP contribution in [0.25, 0.3) is 0 Å². The van der Waals surface area contributed by atoms with E-state index < -0.39 is 0 Å². The number of nitrogens with one attached hydrogen (secondary N) is 2. The Kier molecular flexibility index (Phi) is 4.15. The lowest BCUT2D eigenvalue weighted by Crippen LogP contribution is -2.14. The van der Waals surface area contributed by atoms with E-state index in [1.165, 1.54) is 12.7 Å². The number of furan rings is 1. The maximum Gasteiger partial charge on any atom is 0.291 e. The fourth-order valence-electron chi connectivity index (χ4n) is 2.19. The number of nitrogens with zero attached hydrogens (tertiary/aromatic N) is 1. The summed E-state index contributed by atoms with van der Waals surface area (Å²) in [5.41, 5.74) is 2.26. The van der Waals surface area contributed by atoms with E-state index in [1.807, 2.05) is 6.92 Å². The quantitative estimate of drug-likeness (QED) is 0.766. The molecule has 0 aliphatic heterocycles. The molecule has 2 heterocycles. The van der Waals surface area contributed by atoms with E-state index in [-0.39, 0.29) is 23.3 Å². The van der Waals surface area contributed by atoms with E-state index in [2.05, 4.69) is 15.6 Å². The largest absolute Gasteiger partial charge is 0.459 e. The summed E-state index contributed by atoms with van der Waals surface area (Å²) in [7, 11) is 0. The van der Waals surface area contributed by atoms with Crippen molar-refractivity contribution in [2.45, 2.75) is 13.8 Å². The number of aromatic nitrogens is 1. The minimum Gasteiger partial charge on any atom is -0.459 e. The van der Waals surface area contributed by atoms with Crippen molar-refractivity contribution in [2.24, 2.45) is 0 Å². The van der Waals surface area contributed by atoms with E-state index >= 15 is 0 Å². The summed E-state index contributed by atoms with van der Waals surface area (Å²) in [5.74, 6) is -0.00836. The molecular weight excluding hydrogens is 310 g/mol. The molecule has 0 radical (unpaired) electrons. The third-order valence-corrected chi connectivity index (χ3v) is 3.44. The standard InChI is InChI=1S/C17H15N3O4/c1-10-8-12(19-17(22)15-11(2)24-9-18-15)5-6-13(10)20-16(21)14-4-3-7-23-14/h3-9H,1-2H3,(H,19,22)(H,20,21). The third kappa shape index (κ3) is 3.19. The van der Waals surface area contributed by atoms with Gasteiger partial charge in [-0.1, -0.05) is 0 Å². The zero-order valence-corrected chi connectivity index (χ0v) is 13.1. The van der Waals surface area contributed by atoms with Gasteiger partial charge < -0.3 is 19.5 Å². The average Bonchev–Trinajstić information content (AvgIpc) is 3.21. The Morgan fingerprint density at radius 2 is 1.88 bits per heavy atom. The van der Waals surface area contributed by atoms with E-state index in [1.54, 1.807) is 37.3 Å². The molecule has 0 saturated heterocycles. The Morgan fingerprint density at radius 1 is 1.04 bits per heavy atom. The summed E-state index contributed by atoms with van der Waals surface area (Å²) in [4.78, 5) is 28.0. The number of hydrogen-bond acceptors (Lipinski definition) is 5. The number of rotatable bonds is 4. The molecule has 7 nitrogen and oxygen atoms in total. The summed E-state index contributed by atoms with van der Waals surface area (Å²) >= 11 is 0. The van der Waals surface area contributed by atoms with Crippen molar-refractivity contribution in [1.29, 1.82) is 0 Å². The molecule has 0 fully saturated rings. The number of benzene rings is 1. The van der Waals surface area contributed by atoms with Gasteiger partial charge >= 0.3 is 0 Å². The summed E-state index contributed by atoms with van der Waals surface area (Å²) < 4.78 is 10.1. The molecule has 0 saturated carbocycles. The molecule has 24 heavy (non-hydrogen) atoms. The number of amides is 2. The Hall–Kier alpha value is -3.35. The smallest absolute Gasteiger partial charge is 0.291 e. The summed E-state index contributed by atoms with van der Waals surface area (Å²) in [6.45, 7) is 3.50. The van der Waals surface area contributed by atoms with Crippen molar-refractivity contribution < 1.29 is 18.4 Å². The molecule has 122 valence electrons. The van der Waals surface area contributed by atoms with Gasteiger partial charge in [0, 0.05) is 11.4 Å². The molecule has 1 aromatic carbocycles. The van der Waals surface area contributed by atoms with E-state index in [4.69, 9.17) is 8.83 Å². The van der Waals surface area contributed by atoms with Gasteiger partial charge in [-0.3, -0.25) is 9.59 Å². The molecule has 0 atom stereocenters. The molecule has 0 bridgehead atoms. The van der Waals surface area contributed by atoms with Crippen LogP contribution in [-0.4, -0.2) is 16.8 Å². The summed E-state index contributed by atoms with van der Waals surface area (Å²) in [5, 5.41) is 5.50. The molecule has 2 aromatic heterocycles. The highest BCUT2D eigenvalue weighted by Gasteiger charge is 2.15. The van der Waals surface area contributed by atoms with Gasteiger partial charge in [-0.15, -0.1) is 0 Å². The Morgan fingerprint density at radius 3 is 2.50 bits per heavy atom. The van der Waals surface area contributed by atoms with Crippen LogP contribution in [0.4, 0.5) is 11.4 Å². The van der Waals surface area contributed by atoms with Crippen LogP contribution in [0.2, 0.25) is 0 Å². The molecule has 7 heteroatoms. The summed E-state index contributed by atoms with van der Waals surface area (Å²) in [6, 6.07) is 8.39. The molecule has 2 amide bonds. The highest BCUT2D eigenvalue weighted by atomic mass is 16.3. The first-order chi connectivity index (χ1) is 11.5. The number of anilines is 2. The lowest BCUT2D eigenvalue weighted by atomic mass is 10.1. The van der Waals surface area contributed by atoms with Gasteiger partial charge in [-0.2, -0.15) is 0 Å². The normalized spacial score (nSPS) is 10.4. The van der Waals surface area contributed by atoms with Crippen molar-refractivity contribution in [3.63, 3.8) is 0 Å². The van der Waals surface area contributed by atoms with Crippen molar-refractivity contribution in [2.75, 3.05) is 10.6 Å². The van der Waals surface area contributed by atoms with Crippen LogP contribution >= 0.6 is 0 Å². The molecule has 0 unspecified atom stereocenters. The second-order valence-electron chi connectivity index (χ2n) is 5.17. The van der Waals surface area contributed by atoms with E-state index in [0.717, 1.165) is 5.56 Å². The SMILES string of the molecule is Cc1cc(NC(=O)c2ncoc2C)ccc1NC(=O)c1ccco1. The number of aryl methyl sites for hydroxylation is 2. The Bertz CT molecular complexity index is 881. The minimum absolute atomic E-state index is 0.230. The molecule has 3 aromatic rings. The predicted molar refractivity (Wildman–Crippen MR) is 87.0 cm³/mol. The lowest BCUT2D eigenvalue weighted by molar-refractivity contribution is 0.0993. The van der Waals surface area contributed by atoms with Crippen molar-refractivity contribution in [3.05, 3.63) is 65.8 Å². The van der Waals surface area contributed by atoms with Crippen LogP contribution < -0.4 is 10.6 Å². The van der Waals surface area contributed by atoms with Crippen LogP contribution in [0, 0.1) is 13.8 Å². The highest BCUT2D eigenvalue weighted by molar-refractivity contribution is 6.04. The van der Waals surface area contributed by atoms with Gasteiger partial charge in [0.1, 0.15) is 5.76 Å². The second kappa shape index (κ2) is 6.41. The zero-order valence-electron chi connectivity index (χ0n) is 13.1. The number of carbonyl (C=O) groups is 2. The van der Waals surface area contributed by atoms with Gasteiger partial charge in [-0.25, -0.2) is 4.98 Å². The highest BCUT2D eigenvalue weighted by Crippen LogP contribution is 2.21. The maximum absolute atomic E-state index is 12.1. The minimum atomic E-state index is -0.354. The van der Waals surface area contributed by atoms with E-state index in [0.29, 0.717) is 17.1 Å². The van der Waals surface area contributed by atoms with Crippen LogP contribution in [0.15, 0.2) is 51.8 Å². The Balaban J connectivity index is 1.72. The number of oxazole rings is 1. The molecule has 2 N–H and O–H groups in total. The van der Waals surface area contributed by atoms with Gasteiger partial charge in [-0.05, 0) is 49.7 Å². The first kappa shape index (κ1) is 15.5. The maximum atomic E-state index is 12.1. The van der Waals surface area contributed by atoms with Crippen LogP contribution in [0.1, 0.15) is 32.4 Å². The molecule has 0 aliphatic carbocycles. The van der Waals surface area contributed by atoms with Crippen molar-refractivity contribution in [3.8, 4) is 0 Å². The average molecular weight is 325 g/mol. The molecule has 0 spiro atoms. The summed E-state index contributed by atoms with van der Waals surface area (Å²) in [6.07, 6.45) is 2.66. The van der Waals surface area contributed by atoms with Crippen LogP contribution in [0.5, 0.6) is 0 Å².